The van der Waals surface area contributed by atoms with E-state index in [1.54, 1.807) is 11.3 Å². The van der Waals surface area contributed by atoms with Gasteiger partial charge in [-0.15, -0.1) is 11.3 Å². The minimum absolute atomic E-state index is 1.11. The molecule has 0 bridgehead atoms. The van der Waals surface area contributed by atoms with Crippen molar-refractivity contribution in [2.45, 2.75) is 19.3 Å². The van der Waals surface area contributed by atoms with Gasteiger partial charge < -0.3 is 0 Å². The average Bonchev–Trinajstić information content (AvgIpc) is 2.77. The molecule has 0 atom stereocenters. The largest absolute Gasteiger partial charge is 0.245 e. The van der Waals surface area contributed by atoms with Crippen molar-refractivity contribution in [1.29, 1.82) is 0 Å². The molecule has 1 aromatic carbocycles. The van der Waals surface area contributed by atoms with Gasteiger partial charge in [0.2, 0.25) is 0 Å². The predicted molar refractivity (Wildman–Crippen MR) is 70.6 cm³/mol. The molecule has 0 radical (unpaired) electrons. The molecule has 0 fully saturated rings. The Morgan fingerprint density at radius 3 is 3.19 bits per heavy atom. The molecule has 2 aromatic rings. The van der Waals surface area contributed by atoms with Gasteiger partial charge in [-0.2, -0.15) is 0 Å². The molecular formula is C14H13NS. The normalized spacial score (nSPS) is 18.4. The highest BCUT2D eigenvalue weighted by molar-refractivity contribution is 7.16. The molecule has 1 aliphatic rings. The maximum absolute atomic E-state index is 4.34. The van der Waals surface area contributed by atoms with Gasteiger partial charge in [-0.3, -0.25) is 0 Å². The van der Waals surface area contributed by atoms with Gasteiger partial charge in [0.1, 0.15) is 0 Å². The number of hydrogen-bond acceptors (Lipinski definition) is 2. The van der Waals surface area contributed by atoms with Crippen LogP contribution in [0.15, 0.2) is 41.4 Å². The van der Waals surface area contributed by atoms with Crippen LogP contribution in [-0.2, 0) is 0 Å². The molecule has 2 heteroatoms. The molecule has 0 saturated heterocycles. The van der Waals surface area contributed by atoms with E-state index in [9.17, 15) is 0 Å². The summed E-state index contributed by atoms with van der Waals surface area (Å²) in [6, 6.07) is 6.50. The minimum Gasteiger partial charge on any atom is -0.245 e. The molecule has 0 amide bonds. The van der Waals surface area contributed by atoms with Crippen LogP contribution in [0.4, 0.5) is 0 Å². The van der Waals surface area contributed by atoms with Crippen LogP contribution in [0.1, 0.15) is 24.8 Å². The number of allylic oxidation sites excluding steroid dienone is 3. The average molecular weight is 227 g/mol. The van der Waals surface area contributed by atoms with Crippen molar-refractivity contribution in [3.05, 3.63) is 47.0 Å². The summed E-state index contributed by atoms with van der Waals surface area (Å²) in [7, 11) is 0. The van der Waals surface area contributed by atoms with Crippen LogP contribution in [0.3, 0.4) is 0 Å². The van der Waals surface area contributed by atoms with Crippen molar-refractivity contribution < 1.29 is 0 Å². The Kier molecular flexibility index (Phi) is 2.58. The van der Waals surface area contributed by atoms with Gasteiger partial charge in [-0.05, 0) is 42.5 Å². The Labute approximate surface area is 99.1 Å². The summed E-state index contributed by atoms with van der Waals surface area (Å²) in [6.45, 7) is 0. The van der Waals surface area contributed by atoms with Gasteiger partial charge in [0.05, 0.1) is 15.7 Å². The van der Waals surface area contributed by atoms with Crippen molar-refractivity contribution in [3.63, 3.8) is 0 Å². The third-order valence-electron chi connectivity index (χ3n) is 2.87. The number of benzene rings is 1. The second-order valence-electron chi connectivity index (χ2n) is 4.09. The van der Waals surface area contributed by atoms with Crippen molar-refractivity contribution >= 4 is 27.6 Å². The smallest absolute Gasteiger partial charge is 0.0817 e. The summed E-state index contributed by atoms with van der Waals surface area (Å²) >= 11 is 1.70. The molecule has 1 aliphatic carbocycles. The zero-order valence-corrected chi connectivity index (χ0v) is 9.83. The van der Waals surface area contributed by atoms with E-state index < -0.39 is 0 Å². The Morgan fingerprint density at radius 2 is 2.31 bits per heavy atom. The SMILES string of the molecule is C1=CC(=Cc2ccc3scnc3c2)CCC1. The molecule has 0 N–H and O–H groups in total. The highest BCUT2D eigenvalue weighted by Crippen LogP contribution is 2.23. The lowest BCUT2D eigenvalue weighted by Crippen LogP contribution is -1.86. The molecule has 0 unspecified atom stereocenters. The first-order chi connectivity index (χ1) is 7.92. The molecule has 1 heterocycles. The topological polar surface area (TPSA) is 12.9 Å². The highest BCUT2D eigenvalue weighted by atomic mass is 32.1. The molecule has 1 nitrogen and oxygen atoms in total. The van der Waals surface area contributed by atoms with Crippen molar-refractivity contribution in [1.82, 2.24) is 4.98 Å². The molecule has 3 rings (SSSR count). The van der Waals surface area contributed by atoms with Crippen LogP contribution in [0.25, 0.3) is 16.3 Å². The van der Waals surface area contributed by atoms with Crippen LogP contribution in [0.5, 0.6) is 0 Å². The Morgan fingerprint density at radius 1 is 1.31 bits per heavy atom. The Bertz CT molecular complexity index is 563. The first kappa shape index (κ1) is 9.79. The van der Waals surface area contributed by atoms with Crippen LogP contribution < -0.4 is 0 Å². The van der Waals surface area contributed by atoms with Gasteiger partial charge in [-0.1, -0.05) is 24.3 Å². The van der Waals surface area contributed by atoms with Crippen molar-refractivity contribution in [3.8, 4) is 0 Å². The fourth-order valence-corrected chi connectivity index (χ4v) is 2.70. The summed E-state index contributed by atoms with van der Waals surface area (Å²) in [4.78, 5) is 4.34. The fraction of sp³-hybridized carbons (Fsp3) is 0.214. The number of nitrogens with zero attached hydrogens (tertiary/aromatic N) is 1. The van der Waals surface area contributed by atoms with Crippen molar-refractivity contribution in [2.24, 2.45) is 0 Å². The van der Waals surface area contributed by atoms with E-state index in [2.05, 4.69) is 41.4 Å². The Balaban J connectivity index is 1.99. The molecule has 80 valence electrons. The lowest BCUT2D eigenvalue weighted by Gasteiger charge is -2.06. The third kappa shape index (κ3) is 1.93. The van der Waals surface area contributed by atoms with E-state index in [4.69, 9.17) is 0 Å². The predicted octanol–water partition coefficient (Wildman–Crippen LogP) is 4.42. The zero-order chi connectivity index (χ0) is 10.8. The van der Waals surface area contributed by atoms with Crippen LogP contribution in [0.2, 0.25) is 0 Å². The summed E-state index contributed by atoms with van der Waals surface area (Å²) in [5.41, 5.74) is 5.71. The van der Waals surface area contributed by atoms with E-state index in [0.29, 0.717) is 0 Å². The highest BCUT2D eigenvalue weighted by Gasteiger charge is 2.01. The summed E-state index contributed by atoms with van der Waals surface area (Å²) in [5, 5.41) is 0. The second-order valence-corrected chi connectivity index (χ2v) is 4.98. The van der Waals surface area contributed by atoms with Gasteiger partial charge in [-0.25, -0.2) is 4.98 Å². The number of fused-ring (bicyclic) bond motifs is 1. The number of rotatable bonds is 1. The maximum Gasteiger partial charge on any atom is 0.0817 e. The minimum atomic E-state index is 1.11. The van der Waals surface area contributed by atoms with E-state index in [0.717, 1.165) is 5.52 Å². The maximum atomic E-state index is 4.34. The standard InChI is InChI=1S/C14H13NS/c1-2-4-11(5-3-1)8-12-6-7-14-13(9-12)15-10-16-14/h2,4,6-10H,1,3,5H2. The van der Waals surface area contributed by atoms with Gasteiger partial charge >= 0.3 is 0 Å². The van der Waals surface area contributed by atoms with Gasteiger partial charge in [0.25, 0.3) is 0 Å². The number of hydrogen-bond donors (Lipinski definition) is 0. The second kappa shape index (κ2) is 4.22. The lowest BCUT2D eigenvalue weighted by molar-refractivity contribution is 0.825. The van der Waals surface area contributed by atoms with E-state index in [1.165, 1.54) is 35.1 Å². The molecule has 16 heavy (non-hydrogen) atoms. The van der Waals surface area contributed by atoms with Gasteiger partial charge in [0, 0.05) is 0 Å². The molecule has 1 aromatic heterocycles. The van der Waals surface area contributed by atoms with E-state index in [-0.39, 0.29) is 0 Å². The van der Waals surface area contributed by atoms with E-state index >= 15 is 0 Å². The quantitative estimate of drug-likeness (QED) is 0.702. The van der Waals surface area contributed by atoms with Gasteiger partial charge in [0.15, 0.2) is 0 Å². The third-order valence-corrected chi connectivity index (χ3v) is 3.68. The number of thiazole rings is 1. The van der Waals surface area contributed by atoms with Crippen LogP contribution in [0, 0.1) is 0 Å². The Hall–Kier alpha value is -1.41. The first-order valence-electron chi connectivity index (χ1n) is 5.62. The first-order valence-corrected chi connectivity index (χ1v) is 6.50. The summed E-state index contributed by atoms with van der Waals surface area (Å²) in [6.07, 6.45) is 10.5. The monoisotopic (exact) mass is 227 g/mol. The zero-order valence-electron chi connectivity index (χ0n) is 9.02. The molecule has 0 aliphatic heterocycles. The van der Waals surface area contributed by atoms with Crippen LogP contribution >= 0.6 is 11.3 Å². The van der Waals surface area contributed by atoms with E-state index in [1.807, 2.05) is 5.51 Å². The molecule has 0 saturated carbocycles. The summed E-state index contributed by atoms with van der Waals surface area (Å²) < 4.78 is 1.27. The number of aromatic nitrogens is 1. The fourth-order valence-electron chi connectivity index (χ4n) is 2.04. The lowest BCUT2D eigenvalue weighted by atomic mass is 10.00. The van der Waals surface area contributed by atoms with Crippen LogP contribution in [-0.4, -0.2) is 4.98 Å². The van der Waals surface area contributed by atoms with Crippen molar-refractivity contribution in [2.75, 3.05) is 0 Å². The summed E-state index contributed by atoms with van der Waals surface area (Å²) in [5.74, 6) is 0. The molecular weight excluding hydrogens is 214 g/mol. The molecule has 0 spiro atoms.